The molecular formula is C16H24N2. The van der Waals surface area contributed by atoms with Gasteiger partial charge in [0, 0.05) is 12.1 Å². The first kappa shape index (κ1) is 14.7. The van der Waals surface area contributed by atoms with Crippen molar-refractivity contribution in [1.82, 2.24) is 4.90 Å². The van der Waals surface area contributed by atoms with Gasteiger partial charge in [-0.25, -0.2) is 0 Å². The molecule has 0 aliphatic rings. The van der Waals surface area contributed by atoms with Crippen LogP contribution in [0.2, 0.25) is 0 Å². The average molecular weight is 244 g/mol. The number of hydrogen-bond donors (Lipinski definition) is 0. The van der Waals surface area contributed by atoms with Crippen LogP contribution >= 0.6 is 0 Å². The zero-order valence-electron chi connectivity index (χ0n) is 12.0. The van der Waals surface area contributed by atoms with E-state index < -0.39 is 0 Å². The summed E-state index contributed by atoms with van der Waals surface area (Å²) in [6, 6.07) is 11.3. The van der Waals surface area contributed by atoms with Gasteiger partial charge in [-0.15, -0.1) is 0 Å². The van der Waals surface area contributed by atoms with Gasteiger partial charge < -0.3 is 0 Å². The topological polar surface area (TPSA) is 27.0 Å². The smallest absolute Gasteiger partial charge is 0.0991 e. The Labute approximate surface area is 111 Å². The maximum Gasteiger partial charge on any atom is 0.0991 e. The second-order valence-electron chi connectivity index (χ2n) is 5.34. The third kappa shape index (κ3) is 4.50. The Bertz CT molecular complexity index is 377. The Balaban J connectivity index is 2.43. The highest BCUT2D eigenvalue weighted by molar-refractivity contribution is 5.31. The molecule has 2 nitrogen and oxygen atoms in total. The van der Waals surface area contributed by atoms with Crippen LogP contribution in [0.1, 0.15) is 45.2 Å². The Hall–Kier alpha value is -1.33. The van der Waals surface area contributed by atoms with E-state index >= 15 is 0 Å². The van der Waals surface area contributed by atoms with Crippen molar-refractivity contribution < 1.29 is 0 Å². The summed E-state index contributed by atoms with van der Waals surface area (Å²) >= 11 is 0. The summed E-state index contributed by atoms with van der Waals surface area (Å²) < 4.78 is 0. The molecule has 0 saturated heterocycles. The molecule has 1 rings (SSSR count). The summed E-state index contributed by atoms with van der Waals surface area (Å²) in [7, 11) is 0. The Morgan fingerprint density at radius 3 is 2.06 bits per heavy atom. The summed E-state index contributed by atoms with van der Waals surface area (Å²) in [5.41, 5.74) is 2.06. The first-order valence-corrected chi connectivity index (χ1v) is 6.79. The minimum absolute atomic E-state index is 0.603. The van der Waals surface area contributed by atoms with Crippen molar-refractivity contribution in [3.05, 3.63) is 35.4 Å². The van der Waals surface area contributed by atoms with Crippen LogP contribution in [-0.4, -0.2) is 23.5 Å². The Kier molecular flexibility index (Phi) is 5.88. The van der Waals surface area contributed by atoms with Gasteiger partial charge in [0.1, 0.15) is 0 Å². The van der Waals surface area contributed by atoms with Crippen molar-refractivity contribution in [1.29, 1.82) is 5.26 Å². The first-order valence-electron chi connectivity index (χ1n) is 6.79. The fraction of sp³-hybridized carbons (Fsp3) is 0.562. The standard InChI is InChI=1S/C16H24N2/c1-13(2)18(14(3)4)11-5-6-15-7-9-16(12-17)10-8-15/h7-10,13-14H,5-6,11H2,1-4H3. The van der Waals surface area contributed by atoms with Crippen molar-refractivity contribution in [2.75, 3.05) is 6.54 Å². The molecule has 0 saturated carbocycles. The van der Waals surface area contributed by atoms with E-state index in [1.54, 1.807) is 0 Å². The van der Waals surface area contributed by atoms with E-state index in [0.717, 1.165) is 18.5 Å². The van der Waals surface area contributed by atoms with Crippen LogP contribution in [0.15, 0.2) is 24.3 Å². The molecule has 0 bridgehead atoms. The lowest BCUT2D eigenvalue weighted by Gasteiger charge is -2.30. The molecule has 98 valence electrons. The van der Waals surface area contributed by atoms with Gasteiger partial charge in [0.15, 0.2) is 0 Å². The highest BCUT2D eigenvalue weighted by Crippen LogP contribution is 2.10. The van der Waals surface area contributed by atoms with E-state index in [2.05, 4.69) is 50.8 Å². The number of benzene rings is 1. The Morgan fingerprint density at radius 2 is 1.61 bits per heavy atom. The van der Waals surface area contributed by atoms with Gasteiger partial charge in [-0.2, -0.15) is 5.26 Å². The fourth-order valence-corrected chi connectivity index (χ4v) is 2.32. The van der Waals surface area contributed by atoms with E-state index in [1.807, 2.05) is 12.1 Å². The number of nitriles is 1. The lowest BCUT2D eigenvalue weighted by Crippen LogP contribution is -2.37. The third-order valence-corrected chi connectivity index (χ3v) is 3.29. The number of aryl methyl sites for hydroxylation is 1. The van der Waals surface area contributed by atoms with Crippen molar-refractivity contribution >= 4 is 0 Å². The van der Waals surface area contributed by atoms with Crippen molar-refractivity contribution in [2.45, 2.75) is 52.6 Å². The predicted molar refractivity (Wildman–Crippen MR) is 76.5 cm³/mol. The van der Waals surface area contributed by atoms with Gasteiger partial charge in [-0.1, -0.05) is 12.1 Å². The van der Waals surface area contributed by atoms with Crippen LogP contribution in [0.5, 0.6) is 0 Å². The monoisotopic (exact) mass is 244 g/mol. The second-order valence-corrected chi connectivity index (χ2v) is 5.34. The molecule has 0 unspecified atom stereocenters. The largest absolute Gasteiger partial charge is 0.299 e. The average Bonchev–Trinajstić information content (AvgIpc) is 2.34. The molecule has 0 N–H and O–H groups in total. The zero-order chi connectivity index (χ0) is 13.5. The normalized spacial score (nSPS) is 11.2. The lowest BCUT2D eigenvalue weighted by atomic mass is 10.1. The van der Waals surface area contributed by atoms with E-state index in [-0.39, 0.29) is 0 Å². The van der Waals surface area contributed by atoms with Crippen LogP contribution in [0.4, 0.5) is 0 Å². The second kappa shape index (κ2) is 7.18. The summed E-state index contributed by atoms with van der Waals surface area (Å²) in [6.07, 6.45) is 2.25. The van der Waals surface area contributed by atoms with E-state index in [4.69, 9.17) is 5.26 Å². The summed E-state index contributed by atoms with van der Waals surface area (Å²) in [6.45, 7) is 10.1. The van der Waals surface area contributed by atoms with E-state index in [9.17, 15) is 0 Å². The molecule has 0 aliphatic heterocycles. The SMILES string of the molecule is CC(C)N(CCCc1ccc(C#N)cc1)C(C)C. The first-order chi connectivity index (χ1) is 8.54. The Morgan fingerprint density at radius 1 is 1.06 bits per heavy atom. The molecule has 0 amide bonds. The molecule has 1 aromatic rings. The van der Waals surface area contributed by atoms with Crippen LogP contribution in [0.25, 0.3) is 0 Å². The van der Waals surface area contributed by atoms with Crippen molar-refractivity contribution in [3.8, 4) is 6.07 Å². The summed E-state index contributed by atoms with van der Waals surface area (Å²) in [4.78, 5) is 2.52. The molecule has 0 fully saturated rings. The number of nitrogens with zero attached hydrogens (tertiary/aromatic N) is 2. The van der Waals surface area contributed by atoms with E-state index in [0.29, 0.717) is 12.1 Å². The summed E-state index contributed by atoms with van der Waals surface area (Å²) in [5, 5.41) is 8.74. The molecule has 0 atom stereocenters. The van der Waals surface area contributed by atoms with Crippen LogP contribution in [0.3, 0.4) is 0 Å². The number of hydrogen-bond acceptors (Lipinski definition) is 2. The van der Waals surface area contributed by atoms with Crippen molar-refractivity contribution in [2.24, 2.45) is 0 Å². The fourth-order valence-electron chi connectivity index (χ4n) is 2.32. The van der Waals surface area contributed by atoms with Gasteiger partial charge in [0.05, 0.1) is 11.6 Å². The maximum atomic E-state index is 8.74. The van der Waals surface area contributed by atoms with Crippen LogP contribution < -0.4 is 0 Å². The van der Waals surface area contributed by atoms with Crippen LogP contribution in [-0.2, 0) is 6.42 Å². The molecule has 18 heavy (non-hydrogen) atoms. The number of rotatable bonds is 6. The van der Waals surface area contributed by atoms with E-state index in [1.165, 1.54) is 12.0 Å². The molecule has 1 aromatic carbocycles. The molecule has 0 spiro atoms. The predicted octanol–water partition coefficient (Wildman–Crippen LogP) is 3.61. The molecular weight excluding hydrogens is 220 g/mol. The zero-order valence-corrected chi connectivity index (χ0v) is 12.0. The van der Waals surface area contributed by atoms with Gasteiger partial charge in [0.25, 0.3) is 0 Å². The van der Waals surface area contributed by atoms with Gasteiger partial charge in [-0.3, -0.25) is 4.90 Å². The minimum Gasteiger partial charge on any atom is -0.299 e. The summed E-state index contributed by atoms with van der Waals surface area (Å²) in [5.74, 6) is 0. The molecule has 0 aliphatic carbocycles. The van der Waals surface area contributed by atoms with Gasteiger partial charge in [0.2, 0.25) is 0 Å². The molecule has 2 heteroatoms. The molecule has 0 heterocycles. The van der Waals surface area contributed by atoms with Gasteiger partial charge >= 0.3 is 0 Å². The quantitative estimate of drug-likeness (QED) is 0.764. The van der Waals surface area contributed by atoms with Crippen LogP contribution in [0, 0.1) is 11.3 Å². The maximum absolute atomic E-state index is 8.74. The lowest BCUT2D eigenvalue weighted by molar-refractivity contribution is 0.173. The highest BCUT2D eigenvalue weighted by atomic mass is 15.2. The third-order valence-electron chi connectivity index (χ3n) is 3.29. The highest BCUT2D eigenvalue weighted by Gasteiger charge is 2.12. The minimum atomic E-state index is 0.603. The molecule has 0 radical (unpaired) electrons. The van der Waals surface area contributed by atoms with Crippen molar-refractivity contribution in [3.63, 3.8) is 0 Å². The molecule has 0 aromatic heterocycles. The van der Waals surface area contributed by atoms with Gasteiger partial charge in [-0.05, 0) is 64.8 Å².